The third-order valence-electron chi connectivity index (χ3n) is 2.80. The SMILES string of the molecule is CC(CCO)NC(=O)C1(C#N)CCC1. The number of nitrogens with zero attached hydrogens (tertiary/aromatic N) is 1. The number of aliphatic hydroxyl groups is 1. The zero-order valence-electron chi connectivity index (χ0n) is 8.42. The van der Waals surface area contributed by atoms with E-state index in [1.165, 1.54) is 0 Å². The molecule has 1 aliphatic carbocycles. The van der Waals surface area contributed by atoms with E-state index in [0.29, 0.717) is 19.3 Å². The maximum Gasteiger partial charge on any atom is 0.240 e. The van der Waals surface area contributed by atoms with Crippen LogP contribution in [0, 0.1) is 16.7 Å². The average Bonchev–Trinajstić information content (AvgIpc) is 2.03. The molecule has 1 amide bonds. The summed E-state index contributed by atoms with van der Waals surface area (Å²) in [4.78, 5) is 11.6. The van der Waals surface area contributed by atoms with Gasteiger partial charge in [0.05, 0.1) is 6.07 Å². The molecular weight excluding hydrogens is 180 g/mol. The minimum atomic E-state index is -0.774. The highest BCUT2D eigenvalue weighted by molar-refractivity contribution is 5.86. The van der Waals surface area contributed by atoms with Gasteiger partial charge in [-0.05, 0) is 32.6 Å². The minimum Gasteiger partial charge on any atom is -0.396 e. The smallest absolute Gasteiger partial charge is 0.240 e. The van der Waals surface area contributed by atoms with E-state index in [9.17, 15) is 4.79 Å². The zero-order chi connectivity index (χ0) is 10.6. The minimum absolute atomic E-state index is 0.0565. The number of rotatable bonds is 4. The van der Waals surface area contributed by atoms with Gasteiger partial charge in [-0.3, -0.25) is 4.79 Å². The monoisotopic (exact) mass is 196 g/mol. The summed E-state index contributed by atoms with van der Waals surface area (Å²) >= 11 is 0. The largest absolute Gasteiger partial charge is 0.396 e. The highest BCUT2D eigenvalue weighted by Gasteiger charge is 2.44. The Morgan fingerprint density at radius 1 is 1.71 bits per heavy atom. The van der Waals surface area contributed by atoms with Gasteiger partial charge in [0.1, 0.15) is 5.41 Å². The molecular formula is C10H16N2O2. The van der Waals surface area contributed by atoms with Crippen molar-refractivity contribution in [3.05, 3.63) is 0 Å². The first kappa shape index (κ1) is 11.0. The Balaban J connectivity index is 2.45. The maximum absolute atomic E-state index is 11.6. The first-order valence-corrected chi connectivity index (χ1v) is 4.98. The van der Waals surface area contributed by atoms with Gasteiger partial charge in [-0.15, -0.1) is 0 Å². The van der Waals surface area contributed by atoms with Crippen LogP contribution in [-0.2, 0) is 4.79 Å². The lowest BCUT2D eigenvalue weighted by molar-refractivity contribution is -0.132. The molecule has 0 aromatic heterocycles. The molecule has 0 radical (unpaired) electrons. The van der Waals surface area contributed by atoms with E-state index >= 15 is 0 Å². The molecule has 1 rings (SSSR count). The van der Waals surface area contributed by atoms with E-state index in [1.807, 2.05) is 6.92 Å². The molecule has 0 spiro atoms. The van der Waals surface area contributed by atoms with Crippen molar-refractivity contribution in [3.63, 3.8) is 0 Å². The van der Waals surface area contributed by atoms with Crippen molar-refractivity contribution in [2.45, 2.75) is 38.6 Å². The second kappa shape index (κ2) is 4.43. The molecule has 1 fully saturated rings. The maximum atomic E-state index is 11.6. The van der Waals surface area contributed by atoms with Gasteiger partial charge >= 0.3 is 0 Å². The fourth-order valence-corrected chi connectivity index (χ4v) is 1.55. The molecule has 4 heteroatoms. The Kier molecular flexibility index (Phi) is 3.48. The van der Waals surface area contributed by atoms with Gasteiger partial charge in [0, 0.05) is 12.6 Å². The van der Waals surface area contributed by atoms with Gasteiger partial charge in [0.25, 0.3) is 0 Å². The molecule has 1 saturated carbocycles. The van der Waals surface area contributed by atoms with Crippen LogP contribution in [0.25, 0.3) is 0 Å². The first-order valence-electron chi connectivity index (χ1n) is 4.98. The van der Waals surface area contributed by atoms with Crippen molar-refractivity contribution in [1.82, 2.24) is 5.32 Å². The molecule has 14 heavy (non-hydrogen) atoms. The van der Waals surface area contributed by atoms with Crippen LogP contribution in [0.5, 0.6) is 0 Å². The Hall–Kier alpha value is -1.08. The second-order valence-electron chi connectivity index (χ2n) is 3.93. The van der Waals surface area contributed by atoms with Gasteiger partial charge in [-0.25, -0.2) is 0 Å². The summed E-state index contributed by atoms with van der Waals surface area (Å²) in [6, 6.07) is 2.03. The number of carbonyl (C=O) groups is 1. The Morgan fingerprint density at radius 3 is 2.71 bits per heavy atom. The Morgan fingerprint density at radius 2 is 2.36 bits per heavy atom. The van der Waals surface area contributed by atoms with Crippen LogP contribution >= 0.6 is 0 Å². The van der Waals surface area contributed by atoms with Crippen molar-refractivity contribution in [1.29, 1.82) is 5.26 Å². The summed E-state index contributed by atoms with van der Waals surface area (Å²) in [5, 5.41) is 20.3. The van der Waals surface area contributed by atoms with Crippen LogP contribution in [-0.4, -0.2) is 23.7 Å². The number of nitrogens with one attached hydrogen (secondary N) is 1. The predicted molar refractivity (Wildman–Crippen MR) is 51.2 cm³/mol. The molecule has 2 N–H and O–H groups in total. The fraction of sp³-hybridized carbons (Fsp3) is 0.800. The van der Waals surface area contributed by atoms with Gasteiger partial charge in [-0.2, -0.15) is 5.26 Å². The Bertz CT molecular complexity index is 253. The molecule has 1 unspecified atom stereocenters. The summed E-state index contributed by atoms with van der Waals surface area (Å²) in [5.41, 5.74) is -0.774. The molecule has 0 aromatic rings. The number of aliphatic hydroxyl groups excluding tert-OH is 1. The normalized spacial score (nSPS) is 20.4. The van der Waals surface area contributed by atoms with Crippen LogP contribution in [0.2, 0.25) is 0 Å². The number of nitriles is 1. The van der Waals surface area contributed by atoms with Gasteiger partial charge in [-0.1, -0.05) is 0 Å². The molecule has 4 nitrogen and oxygen atoms in total. The fourth-order valence-electron chi connectivity index (χ4n) is 1.55. The summed E-state index contributed by atoms with van der Waals surface area (Å²) < 4.78 is 0. The number of hydrogen-bond acceptors (Lipinski definition) is 3. The third kappa shape index (κ3) is 2.05. The topological polar surface area (TPSA) is 73.1 Å². The predicted octanol–water partition coefficient (Wildman–Crippen LogP) is 0.567. The van der Waals surface area contributed by atoms with Crippen molar-refractivity contribution in [2.24, 2.45) is 5.41 Å². The molecule has 0 saturated heterocycles. The van der Waals surface area contributed by atoms with E-state index in [2.05, 4.69) is 11.4 Å². The van der Waals surface area contributed by atoms with Gasteiger partial charge < -0.3 is 10.4 Å². The molecule has 1 atom stereocenters. The summed E-state index contributed by atoms with van der Waals surface area (Å²) in [6.07, 6.45) is 2.82. The highest BCUT2D eigenvalue weighted by Crippen LogP contribution is 2.40. The molecule has 0 bridgehead atoms. The van der Waals surface area contributed by atoms with E-state index in [4.69, 9.17) is 10.4 Å². The van der Waals surface area contributed by atoms with E-state index in [0.717, 1.165) is 6.42 Å². The standard InChI is InChI=1S/C10H16N2O2/c1-8(3-6-13)12-9(14)10(7-11)4-2-5-10/h8,13H,2-6H2,1H3,(H,12,14). The summed E-state index contributed by atoms with van der Waals surface area (Å²) in [6.45, 7) is 1.89. The van der Waals surface area contributed by atoms with Crippen molar-refractivity contribution >= 4 is 5.91 Å². The van der Waals surface area contributed by atoms with Crippen LogP contribution in [0.1, 0.15) is 32.6 Å². The second-order valence-corrected chi connectivity index (χ2v) is 3.93. The van der Waals surface area contributed by atoms with Crippen molar-refractivity contribution in [2.75, 3.05) is 6.61 Å². The molecule has 0 heterocycles. The lowest BCUT2D eigenvalue weighted by Gasteiger charge is -2.34. The molecule has 1 aliphatic rings. The van der Waals surface area contributed by atoms with E-state index in [1.54, 1.807) is 0 Å². The average molecular weight is 196 g/mol. The van der Waals surface area contributed by atoms with Crippen LogP contribution in [0.3, 0.4) is 0 Å². The molecule has 0 aromatic carbocycles. The number of amides is 1. The highest BCUT2D eigenvalue weighted by atomic mass is 16.3. The summed E-state index contributed by atoms with van der Waals surface area (Å²) in [5.74, 6) is -0.174. The third-order valence-corrected chi connectivity index (χ3v) is 2.80. The lowest BCUT2D eigenvalue weighted by Crippen LogP contribution is -2.47. The van der Waals surface area contributed by atoms with Crippen LogP contribution in [0.15, 0.2) is 0 Å². The summed E-state index contributed by atoms with van der Waals surface area (Å²) in [7, 11) is 0. The molecule has 78 valence electrons. The van der Waals surface area contributed by atoms with E-state index in [-0.39, 0.29) is 18.6 Å². The molecule has 0 aliphatic heterocycles. The Labute approximate surface area is 83.9 Å². The first-order chi connectivity index (χ1) is 6.64. The quantitative estimate of drug-likeness (QED) is 0.690. The number of hydrogen-bond donors (Lipinski definition) is 2. The van der Waals surface area contributed by atoms with Crippen LogP contribution < -0.4 is 5.32 Å². The van der Waals surface area contributed by atoms with Gasteiger partial charge in [0.15, 0.2) is 0 Å². The van der Waals surface area contributed by atoms with Crippen molar-refractivity contribution in [3.8, 4) is 6.07 Å². The zero-order valence-corrected chi connectivity index (χ0v) is 8.42. The van der Waals surface area contributed by atoms with E-state index < -0.39 is 5.41 Å². The van der Waals surface area contributed by atoms with Crippen molar-refractivity contribution < 1.29 is 9.90 Å². The number of carbonyl (C=O) groups excluding carboxylic acids is 1. The van der Waals surface area contributed by atoms with Crippen LogP contribution in [0.4, 0.5) is 0 Å². The van der Waals surface area contributed by atoms with Gasteiger partial charge in [0.2, 0.25) is 5.91 Å². The lowest BCUT2D eigenvalue weighted by atomic mass is 9.69.